The number of carbonyl (C=O) groups is 1. The molecule has 1 saturated heterocycles. The van der Waals surface area contributed by atoms with Gasteiger partial charge >= 0.3 is 0 Å². The van der Waals surface area contributed by atoms with E-state index < -0.39 is 5.82 Å². The summed E-state index contributed by atoms with van der Waals surface area (Å²) in [5, 5.41) is 0.343. The summed E-state index contributed by atoms with van der Waals surface area (Å²) in [6.45, 7) is 7.13. The van der Waals surface area contributed by atoms with E-state index in [4.69, 9.17) is 11.6 Å². The number of halogens is 2. The molecule has 3 rings (SSSR count). The Balaban J connectivity index is 1.62. The first-order chi connectivity index (χ1) is 12.0. The normalized spacial score (nSPS) is 14.7. The van der Waals surface area contributed by atoms with Gasteiger partial charge < -0.3 is 9.80 Å². The average molecular weight is 361 g/mol. The van der Waals surface area contributed by atoms with Crippen LogP contribution in [-0.4, -0.2) is 37.0 Å². The van der Waals surface area contributed by atoms with Crippen molar-refractivity contribution in [2.24, 2.45) is 0 Å². The molecule has 1 amide bonds. The summed E-state index contributed by atoms with van der Waals surface area (Å²) in [4.78, 5) is 16.6. The summed E-state index contributed by atoms with van der Waals surface area (Å²) in [6, 6.07) is 10.8. The van der Waals surface area contributed by atoms with Crippen LogP contribution in [0.15, 0.2) is 36.4 Å². The van der Waals surface area contributed by atoms with Crippen molar-refractivity contribution in [2.45, 2.75) is 20.3 Å². The minimum Gasteiger partial charge on any atom is -0.368 e. The van der Waals surface area contributed by atoms with Crippen LogP contribution in [0, 0.1) is 19.7 Å². The van der Waals surface area contributed by atoms with Crippen LogP contribution in [0.25, 0.3) is 0 Å². The quantitative estimate of drug-likeness (QED) is 0.826. The number of carbonyl (C=O) groups excluding carboxylic acids is 1. The summed E-state index contributed by atoms with van der Waals surface area (Å²) >= 11 is 5.76. The van der Waals surface area contributed by atoms with Crippen LogP contribution in [0.3, 0.4) is 0 Å². The summed E-state index contributed by atoms with van der Waals surface area (Å²) in [7, 11) is 0. The van der Waals surface area contributed by atoms with E-state index in [-0.39, 0.29) is 12.3 Å². The molecule has 5 heteroatoms. The highest BCUT2D eigenvalue weighted by Gasteiger charge is 2.23. The van der Waals surface area contributed by atoms with Crippen molar-refractivity contribution in [3.05, 3.63) is 63.9 Å². The van der Waals surface area contributed by atoms with Crippen molar-refractivity contribution in [1.29, 1.82) is 0 Å². The lowest BCUT2D eigenvalue weighted by Gasteiger charge is -2.37. The minimum absolute atomic E-state index is 0.0400. The van der Waals surface area contributed by atoms with Crippen LogP contribution < -0.4 is 4.90 Å². The lowest BCUT2D eigenvalue weighted by Crippen LogP contribution is -2.49. The van der Waals surface area contributed by atoms with Crippen LogP contribution in [0.5, 0.6) is 0 Å². The van der Waals surface area contributed by atoms with Gasteiger partial charge in [0.15, 0.2) is 0 Å². The Morgan fingerprint density at radius 2 is 1.84 bits per heavy atom. The predicted octanol–water partition coefficient (Wildman–Crippen LogP) is 3.99. The van der Waals surface area contributed by atoms with Gasteiger partial charge in [0.25, 0.3) is 0 Å². The maximum Gasteiger partial charge on any atom is 0.227 e. The molecule has 1 heterocycles. The molecule has 2 aromatic carbocycles. The highest BCUT2D eigenvalue weighted by atomic mass is 35.5. The maximum absolute atomic E-state index is 13.9. The fraction of sp³-hybridized carbons (Fsp3) is 0.350. The van der Waals surface area contributed by atoms with Crippen LogP contribution in [-0.2, 0) is 11.2 Å². The van der Waals surface area contributed by atoms with Gasteiger partial charge in [0.05, 0.1) is 6.42 Å². The van der Waals surface area contributed by atoms with E-state index in [1.807, 2.05) is 4.90 Å². The Morgan fingerprint density at radius 3 is 2.52 bits per heavy atom. The van der Waals surface area contributed by atoms with E-state index in [0.29, 0.717) is 23.7 Å². The Morgan fingerprint density at radius 1 is 1.12 bits per heavy atom. The van der Waals surface area contributed by atoms with Crippen LogP contribution in [0.4, 0.5) is 10.1 Å². The Kier molecular flexibility index (Phi) is 5.28. The molecule has 0 atom stereocenters. The molecular weight excluding hydrogens is 339 g/mol. The third kappa shape index (κ3) is 3.96. The number of hydrogen-bond acceptors (Lipinski definition) is 2. The first-order valence-electron chi connectivity index (χ1n) is 8.48. The van der Waals surface area contributed by atoms with Crippen molar-refractivity contribution in [3.63, 3.8) is 0 Å². The maximum atomic E-state index is 13.9. The zero-order chi connectivity index (χ0) is 18.0. The van der Waals surface area contributed by atoms with Gasteiger partial charge in [0, 0.05) is 36.9 Å². The minimum atomic E-state index is -0.421. The second kappa shape index (κ2) is 7.44. The zero-order valence-electron chi connectivity index (χ0n) is 14.6. The first kappa shape index (κ1) is 17.7. The standard InChI is InChI=1S/C20H22ClFN2O/c1-14-4-3-5-19(15(14)2)23-8-10-24(11-9-23)20(25)12-16-6-7-17(21)13-18(16)22/h3-7,13H,8-12H2,1-2H3. The lowest BCUT2D eigenvalue weighted by atomic mass is 10.1. The number of amides is 1. The van der Waals surface area contributed by atoms with Crippen LogP contribution >= 0.6 is 11.6 Å². The SMILES string of the molecule is Cc1cccc(N2CCN(C(=O)Cc3ccc(Cl)cc3F)CC2)c1C. The third-order valence-corrected chi connectivity index (χ3v) is 5.14. The topological polar surface area (TPSA) is 23.6 Å². The molecule has 132 valence electrons. The van der Waals surface area contributed by atoms with E-state index in [1.54, 1.807) is 12.1 Å². The van der Waals surface area contributed by atoms with Gasteiger partial charge in [-0.15, -0.1) is 0 Å². The molecule has 0 aromatic heterocycles. The highest BCUT2D eigenvalue weighted by molar-refractivity contribution is 6.30. The predicted molar refractivity (Wildman–Crippen MR) is 99.8 cm³/mol. The summed E-state index contributed by atoms with van der Waals surface area (Å²) < 4.78 is 13.9. The van der Waals surface area contributed by atoms with Crippen molar-refractivity contribution in [1.82, 2.24) is 4.90 Å². The number of nitrogens with zero attached hydrogens (tertiary/aromatic N) is 2. The van der Waals surface area contributed by atoms with Crippen molar-refractivity contribution in [3.8, 4) is 0 Å². The molecule has 0 spiro atoms. The van der Waals surface area contributed by atoms with Gasteiger partial charge in [0.2, 0.25) is 5.91 Å². The Labute approximate surface area is 153 Å². The van der Waals surface area contributed by atoms with Crippen molar-refractivity contribution >= 4 is 23.2 Å². The third-order valence-electron chi connectivity index (χ3n) is 4.91. The summed E-state index contributed by atoms with van der Waals surface area (Å²) in [5.74, 6) is -0.461. The molecule has 25 heavy (non-hydrogen) atoms. The summed E-state index contributed by atoms with van der Waals surface area (Å²) in [5.41, 5.74) is 4.18. The van der Waals surface area contributed by atoms with E-state index in [2.05, 4.69) is 36.9 Å². The Hall–Kier alpha value is -2.07. The lowest BCUT2D eigenvalue weighted by molar-refractivity contribution is -0.130. The molecule has 0 N–H and O–H groups in total. The van der Waals surface area contributed by atoms with Gasteiger partial charge in [-0.1, -0.05) is 29.8 Å². The molecule has 0 radical (unpaired) electrons. The fourth-order valence-electron chi connectivity index (χ4n) is 3.21. The first-order valence-corrected chi connectivity index (χ1v) is 8.86. The van der Waals surface area contributed by atoms with E-state index in [1.165, 1.54) is 22.9 Å². The van der Waals surface area contributed by atoms with Gasteiger partial charge in [-0.2, -0.15) is 0 Å². The number of aryl methyl sites for hydroxylation is 1. The Bertz CT molecular complexity index is 785. The molecule has 0 unspecified atom stereocenters. The number of rotatable bonds is 3. The van der Waals surface area contributed by atoms with E-state index >= 15 is 0 Å². The number of anilines is 1. The highest BCUT2D eigenvalue weighted by Crippen LogP contribution is 2.24. The molecule has 0 saturated carbocycles. The van der Waals surface area contributed by atoms with E-state index in [0.717, 1.165) is 13.1 Å². The van der Waals surface area contributed by atoms with E-state index in [9.17, 15) is 9.18 Å². The molecule has 3 nitrogen and oxygen atoms in total. The van der Waals surface area contributed by atoms with Gasteiger partial charge in [-0.05, 0) is 48.7 Å². The van der Waals surface area contributed by atoms with Gasteiger partial charge in [-0.3, -0.25) is 4.79 Å². The smallest absolute Gasteiger partial charge is 0.227 e. The number of hydrogen-bond donors (Lipinski definition) is 0. The fourth-order valence-corrected chi connectivity index (χ4v) is 3.37. The molecule has 2 aromatic rings. The molecule has 1 fully saturated rings. The van der Waals surface area contributed by atoms with Crippen molar-refractivity contribution in [2.75, 3.05) is 31.1 Å². The average Bonchev–Trinajstić information content (AvgIpc) is 2.60. The molecule has 1 aliphatic rings. The monoisotopic (exact) mass is 360 g/mol. The van der Waals surface area contributed by atoms with Crippen molar-refractivity contribution < 1.29 is 9.18 Å². The number of benzene rings is 2. The van der Waals surface area contributed by atoms with Gasteiger partial charge in [0.1, 0.15) is 5.82 Å². The van der Waals surface area contributed by atoms with Crippen LogP contribution in [0.2, 0.25) is 5.02 Å². The second-order valence-corrected chi connectivity index (χ2v) is 6.94. The molecular formula is C20H22ClFN2O. The number of piperazine rings is 1. The molecule has 1 aliphatic heterocycles. The summed E-state index contributed by atoms with van der Waals surface area (Å²) in [6.07, 6.45) is 0.0759. The zero-order valence-corrected chi connectivity index (χ0v) is 15.3. The molecule has 0 bridgehead atoms. The van der Waals surface area contributed by atoms with Gasteiger partial charge in [-0.25, -0.2) is 4.39 Å². The largest absolute Gasteiger partial charge is 0.368 e. The second-order valence-electron chi connectivity index (χ2n) is 6.50. The van der Waals surface area contributed by atoms with Crippen LogP contribution in [0.1, 0.15) is 16.7 Å². The molecule has 0 aliphatic carbocycles.